The number of pyridine rings is 1. The Morgan fingerprint density at radius 2 is 1.91 bits per heavy atom. The predicted molar refractivity (Wildman–Crippen MR) is 88.8 cm³/mol. The topological polar surface area (TPSA) is 92.0 Å². The molecular weight excluding hydrogens is 278 g/mol. The molecule has 22 heavy (non-hydrogen) atoms. The first-order chi connectivity index (χ1) is 10.4. The lowest BCUT2D eigenvalue weighted by Gasteiger charge is -2.07. The Labute approximate surface area is 129 Å². The molecule has 3 aromatic rings. The van der Waals surface area contributed by atoms with Gasteiger partial charge in [0.1, 0.15) is 6.04 Å². The van der Waals surface area contributed by atoms with Gasteiger partial charge >= 0.3 is 5.97 Å². The maximum atomic E-state index is 10.0. The number of H-pyrrole nitrogens is 1. The van der Waals surface area contributed by atoms with Crippen molar-refractivity contribution in [1.82, 2.24) is 9.97 Å². The molecule has 1 atom stereocenters. The SMILES string of the molecule is CC(C)[C@H](N)C(=O)O.Cc1nccc2c1[nH]c1ccccc12. The van der Waals surface area contributed by atoms with Gasteiger partial charge in [-0.15, -0.1) is 0 Å². The Kier molecular flexibility index (Phi) is 4.78. The van der Waals surface area contributed by atoms with Gasteiger partial charge in [-0.2, -0.15) is 0 Å². The maximum Gasteiger partial charge on any atom is 0.320 e. The monoisotopic (exact) mass is 299 g/mol. The first-order valence-electron chi connectivity index (χ1n) is 7.22. The van der Waals surface area contributed by atoms with Crippen molar-refractivity contribution in [2.45, 2.75) is 26.8 Å². The fraction of sp³-hybridized carbons (Fsp3) is 0.294. The van der Waals surface area contributed by atoms with Gasteiger partial charge in [0.25, 0.3) is 0 Å². The van der Waals surface area contributed by atoms with Crippen LogP contribution >= 0.6 is 0 Å². The quantitative estimate of drug-likeness (QED) is 0.678. The molecule has 0 fully saturated rings. The zero-order chi connectivity index (χ0) is 16.3. The highest BCUT2D eigenvalue weighted by Crippen LogP contribution is 2.25. The summed E-state index contributed by atoms with van der Waals surface area (Å²) in [4.78, 5) is 17.7. The molecule has 0 saturated carbocycles. The third-order valence-corrected chi connectivity index (χ3v) is 3.62. The Morgan fingerprint density at radius 1 is 1.23 bits per heavy atom. The van der Waals surface area contributed by atoms with Crippen LogP contribution in [-0.4, -0.2) is 27.1 Å². The molecule has 5 heteroatoms. The van der Waals surface area contributed by atoms with E-state index in [0.717, 1.165) is 11.2 Å². The van der Waals surface area contributed by atoms with E-state index < -0.39 is 12.0 Å². The van der Waals surface area contributed by atoms with Crippen molar-refractivity contribution in [1.29, 1.82) is 0 Å². The number of nitrogens with zero attached hydrogens (tertiary/aromatic N) is 1. The Balaban J connectivity index is 0.000000192. The van der Waals surface area contributed by atoms with Gasteiger partial charge in [0.2, 0.25) is 0 Å². The third-order valence-electron chi connectivity index (χ3n) is 3.62. The van der Waals surface area contributed by atoms with E-state index in [1.165, 1.54) is 16.3 Å². The van der Waals surface area contributed by atoms with E-state index in [1.54, 1.807) is 13.8 Å². The lowest BCUT2D eigenvalue weighted by atomic mass is 10.1. The van der Waals surface area contributed by atoms with Crippen LogP contribution in [0.15, 0.2) is 36.5 Å². The molecule has 2 aromatic heterocycles. The number of carboxylic acid groups (broad SMARTS) is 1. The van der Waals surface area contributed by atoms with E-state index in [4.69, 9.17) is 10.8 Å². The molecule has 4 N–H and O–H groups in total. The molecule has 3 rings (SSSR count). The number of nitrogens with one attached hydrogen (secondary N) is 1. The molecule has 1 aromatic carbocycles. The molecule has 0 radical (unpaired) electrons. The molecule has 0 bridgehead atoms. The lowest BCUT2D eigenvalue weighted by Crippen LogP contribution is -2.34. The van der Waals surface area contributed by atoms with Gasteiger partial charge in [0.15, 0.2) is 0 Å². The first-order valence-corrected chi connectivity index (χ1v) is 7.22. The molecule has 0 spiro atoms. The van der Waals surface area contributed by atoms with Crippen molar-refractivity contribution >= 4 is 27.8 Å². The van der Waals surface area contributed by atoms with Gasteiger partial charge in [-0.25, -0.2) is 0 Å². The minimum atomic E-state index is -0.931. The van der Waals surface area contributed by atoms with E-state index in [1.807, 2.05) is 19.2 Å². The van der Waals surface area contributed by atoms with Crippen LogP contribution < -0.4 is 5.73 Å². The van der Waals surface area contributed by atoms with Crippen molar-refractivity contribution in [3.05, 3.63) is 42.2 Å². The molecule has 2 heterocycles. The molecule has 0 saturated heterocycles. The van der Waals surface area contributed by atoms with Gasteiger partial charge < -0.3 is 15.8 Å². The summed E-state index contributed by atoms with van der Waals surface area (Å²) in [6.45, 7) is 5.58. The van der Waals surface area contributed by atoms with Crippen molar-refractivity contribution in [2.24, 2.45) is 11.7 Å². The number of aryl methyl sites for hydroxylation is 1. The number of hydrogen-bond acceptors (Lipinski definition) is 3. The van der Waals surface area contributed by atoms with E-state index >= 15 is 0 Å². The summed E-state index contributed by atoms with van der Waals surface area (Å²) in [6.07, 6.45) is 1.86. The minimum absolute atomic E-state index is 0.0208. The van der Waals surface area contributed by atoms with Gasteiger partial charge in [-0.3, -0.25) is 9.78 Å². The average Bonchev–Trinajstić information content (AvgIpc) is 2.87. The van der Waals surface area contributed by atoms with Crippen LogP contribution in [0, 0.1) is 12.8 Å². The molecule has 0 aliphatic carbocycles. The second-order valence-electron chi connectivity index (χ2n) is 5.60. The van der Waals surface area contributed by atoms with Gasteiger partial charge in [-0.1, -0.05) is 32.0 Å². The summed E-state index contributed by atoms with van der Waals surface area (Å²) in [5.41, 5.74) is 8.54. The van der Waals surface area contributed by atoms with Crippen molar-refractivity contribution in [2.75, 3.05) is 0 Å². The number of aromatic nitrogens is 2. The van der Waals surface area contributed by atoms with Crippen LogP contribution in [0.5, 0.6) is 0 Å². The van der Waals surface area contributed by atoms with Crippen LogP contribution in [-0.2, 0) is 4.79 Å². The molecule has 0 amide bonds. The van der Waals surface area contributed by atoms with Gasteiger partial charge in [-0.05, 0) is 25.0 Å². The zero-order valence-corrected chi connectivity index (χ0v) is 13.0. The zero-order valence-electron chi connectivity index (χ0n) is 13.0. The van der Waals surface area contributed by atoms with Gasteiger partial charge in [0, 0.05) is 22.5 Å². The van der Waals surface area contributed by atoms with Gasteiger partial charge in [0.05, 0.1) is 11.2 Å². The van der Waals surface area contributed by atoms with E-state index in [2.05, 4.69) is 34.2 Å². The highest BCUT2D eigenvalue weighted by Gasteiger charge is 2.14. The number of fused-ring (bicyclic) bond motifs is 3. The molecular formula is C17H21N3O2. The number of aliphatic carboxylic acids is 1. The van der Waals surface area contributed by atoms with E-state index in [-0.39, 0.29) is 5.92 Å². The van der Waals surface area contributed by atoms with Crippen LogP contribution in [0.4, 0.5) is 0 Å². The van der Waals surface area contributed by atoms with Crippen molar-refractivity contribution in [3.63, 3.8) is 0 Å². The Morgan fingerprint density at radius 3 is 2.50 bits per heavy atom. The normalized spacial score (nSPS) is 12.2. The summed E-state index contributed by atoms with van der Waals surface area (Å²) >= 11 is 0. The predicted octanol–water partition coefficient (Wildman–Crippen LogP) is 3.08. The maximum absolute atomic E-state index is 10.0. The fourth-order valence-corrected chi connectivity index (χ4v) is 2.20. The molecule has 5 nitrogen and oxygen atoms in total. The third kappa shape index (κ3) is 3.26. The number of benzene rings is 1. The van der Waals surface area contributed by atoms with E-state index in [9.17, 15) is 4.79 Å². The number of rotatable bonds is 2. The van der Waals surface area contributed by atoms with Crippen molar-refractivity contribution < 1.29 is 9.90 Å². The molecule has 0 unspecified atom stereocenters. The number of para-hydroxylation sites is 1. The van der Waals surface area contributed by atoms with Crippen LogP contribution in [0.25, 0.3) is 21.8 Å². The fourth-order valence-electron chi connectivity index (χ4n) is 2.20. The molecule has 0 aliphatic rings. The minimum Gasteiger partial charge on any atom is -0.480 e. The highest BCUT2D eigenvalue weighted by molar-refractivity contribution is 6.07. The summed E-state index contributed by atoms with van der Waals surface area (Å²) < 4.78 is 0. The second kappa shape index (κ2) is 6.58. The van der Waals surface area contributed by atoms with Crippen LogP contribution in [0.3, 0.4) is 0 Å². The van der Waals surface area contributed by atoms with E-state index in [0.29, 0.717) is 0 Å². The number of hydrogen-bond donors (Lipinski definition) is 3. The standard InChI is InChI=1S/C12H10N2.C5H11NO2/c1-8-12-10(6-7-13-8)9-4-2-3-5-11(9)14-12;1-3(2)4(6)5(7)8/h2-7,14H,1H3;3-4H,6H2,1-2H3,(H,7,8)/t;4-/m.0/s1. The Bertz CT molecular complexity index is 793. The summed E-state index contributed by atoms with van der Waals surface area (Å²) in [5.74, 6) is -0.910. The highest BCUT2D eigenvalue weighted by atomic mass is 16.4. The van der Waals surface area contributed by atoms with Crippen LogP contribution in [0.1, 0.15) is 19.5 Å². The summed E-state index contributed by atoms with van der Waals surface area (Å²) in [6, 6.07) is 9.67. The second-order valence-corrected chi connectivity index (χ2v) is 5.60. The number of nitrogens with two attached hydrogens (primary N) is 1. The number of aromatic amines is 1. The molecule has 116 valence electrons. The average molecular weight is 299 g/mol. The Hall–Kier alpha value is -2.40. The van der Waals surface area contributed by atoms with Crippen molar-refractivity contribution in [3.8, 4) is 0 Å². The first kappa shape index (κ1) is 16.0. The number of carbonyl (C=O) groups is 1. The number of carboxylic acids is 1. The summed E-state index contributed by atoms with van der Waals surface area (Å²) in [5, 5.41) is 10.8. The van der Waals surface area contributed by atoms with Crippen LogP contribution in [0.2, 0.25) is 0 Å². The summed E-state index contributed by atoms with van der Waals surface area (Å²) in [7, 11) is 0. The smallest absolute Gasteiger partial charge is 0.320 e. The lowest BCUT2D eigenvalue weighted by molar-refractivity contribution is -0.139. The molecule has 0 aliphatic heterocycles. The largest absolute Gasteiger partial charge is 0.480 e.